The maximum atomic E-state index is 14.8. The summed E-state index contributed by atoms with van der Waals surface area (Å²) in [6, 6.07) is 12.4. The molecule has 69 heavy (non-hydrogen) atoms. The van der Waals surface area contributed by atoms with E-state index in [1.807, 2.05) is 45.0 Å². The summed E-state index contributed by atoms with van der Waals surface area (Å²) in [5.74, 6) is -2.02. The average Bonchev–Trinajstić information content (AvgIpc) is 3.93. The molecule has 3 fully saturated rings. The van der Waals surface area contributed by atoms with Crippen LogP contribution in [-0.4, -0.2) is 148 Å². The highest BCUT2D eigenvalue weighted by molar-refractivity contribution is 5.96. The number of hydrogen-bond donors (Lipinski definition) is 2. The van der Waals surface area contributed by atoms with Gasteiger partial charge in [-0.1, -0.05) is 46.4 Å². The lowest BCUT2D eigenvalue weighted by Crippen LogP contribution is -2.62. The van der Waals surface area contributed by atoms with E-state index in [2.05, 4.69) is 66.9 Å². The molecule has 0 spiro atoms. The summed E-state index contributed by atoms with van der Waals surface area (Å²) >= 11 is 0. The molecule has 6 atom stereocenters. The van der Waals surface area contributed by atoms with Crippen LogP contribution in [0.5, 0.6) is 0 Å². The lowest BCUT2D eigenvalue weighted by Gasteiger charge is -2.37. The largest absolute Gasteiger partial charge is 0.464 e. The zero-order valence-electron chi connectivity index (χ0n) is 41.2. The molecule has 17 nitrogen and oxygen atoms in total. The Morgan fingerprint density at radius 2 is 1.88 bits per heavy atom. The fourth-order valence-corrected chi connectivity index (χ4v) is 10.6. The molecule has 1 aromatic carbocycles. The van der Waals surface area contributed by atoms with Crippen molar-refractivity contribution in [2.75, 3.05) is 53.6 Å². The highest BCUT2D eigenvalue weighted by Gasteiger charge is 2.46. The molecule has 3 aromatic heterocycles. The van der Waals surface area contributed by atoms with Crippen LogP contribution in [0.1, 0.15) is 77.4 Å². The van der Waals surface area contributed by atoms with Gasteiger partial charge in [0.05, 0.1) is 55.1 Å². The quantitative estimate of drug-likeness (QED) is 0.164. The summed E-state index contributed by atoms with van der Waals surface area (Å²) in [6.45, 7) is 18.0. The Morgan fingerprint density at radius 3 is 2.62 bits per heavy atom. The number of esters is 1. The molecule has 368 valence electrons. The van der Waals surface area contributed by atoms with Gasteiger partial charge in [-0.15, -0.1) is 0 Å². The second-order valence-corrected chi connectivity index (χ2v) is 19.9. The molecule has 4 aliphatic heterocycles. The van der Waals surface area contributed by atoms with E-state index in [0.29, 0.717) is 56.9 Å². The van der Waals surface area contributed by atoms with Crippen molar-refractivity contribution in [1.29, 1.82) is 0 Å². The number of cyclic esters (lactones) is 1. The van der Waals surface area contributed by atoms with Gasteiger partial charge in [-0.05, 0) is 87.1 Å². The summed E-state index contributed by atoms with van der Waals surface area (Å²) in [5.41, 5.74) is 9.68. The van der Waals surface area contributed by atoms with E-state index < -0.39 is 47.4 Å². The molecule has 0 saturated carbocycles. The number of benzene rings is 1. The maximum Gasteiger partial charge on any atom is 0.324 e. The normalized spacial score (nSPS) is 22.7. The van der Waals surface area contributed by atoms with Crippen molar-refractivity contribution in [3.8, 4) is 22.5 Å². The van der Waals surface area contributed by atoms with E-state index in [-0.39, 0.29) is 56.2 Å². The molecular weight excluding hydrogens is 879 g/mol. The first-order chi connectivity index (χ1) is 33.0. The summed E-state index contributed by atoms with van der Waals surface area (Å²) in [7, 11) is 3.26. The Bertz CT molecular complexity index is 2610. The summed E-state index contributed by atoms with van der Waals surface area (Å²) < 4.78 is 20.2. The van der Waals surface area contributed by atoms with Crippen LogP contribution >= 0.6 is 0 Å². The number of pyridine rings is 2. The molecule has 17 heteroatoms. The first kappa shape index (κ1) is 49.3. The number of likely N-dealkylation sites (tertiary alicyclic amines) is 1. The molecular formula is C52H67N9O8. The Balaban J connectivity index is 1.15. The van der Waals surface area contributed by atoms with Gasteiger partial charge in [0, 0.05) is 86.1 Å². The number of hydrogen-bond acceptors (Lipinski definition) is 11. The molecule has 2 N–H and O–H groups in total. The number of amides is 5. The second-order valence-electron chi connectivity index (χ2n) is 19.9. The number of carbonyl (C=O) groups excluding carboxylic acids is 5. The number of carbonyl (C=O) groups is 5. The Labute approximate surface area is 404 Å². The van der Waals surface area contributed by atoms with E-state index in [1.54, 1.807) is 30.2 Å². The van der Waals surface area contributed by atoms with E-state index >= 15 is 0 Å². The Kier molecular flexibility index (Phi) is 14.6. The highest BCUT2D eigenvalue weighted by Crippen LogP contribution is 2.42. The maximum absolute atomic E-state index is 14.8. The number of nitrogens with one attached hydrogen (secondary N) is 2. The molecule has 8 rings (SSSR count). The van der Waals surface area contributed by atoms with Crippen molar-refractivity contribution in [1.82, 2.24) is 45.0 Å². The monoisotopic (exact) mass is 946 g/mol. The van der Waals surface area contributed by atoms with Crippen molar-refractivity contribution in [2.24, 2.45) is 11.3 Å². The number of aryl methyl sites for hydroxylation is 1. The zero-order valence-corrected chi connectivity index (χ0v) is 41.2. The number of fused-ring (bicyclic) bond motifs is 7. The zero-order chi connectivity index (χ0) is 49.3. The smallest absolute Gasteiger partial charge is 0.324 e. The third kappa shape index (κ3) is 9.99. The number of likely N-dealkylation sites (N-methyl/N-ethyl adjacent to an activating group) is 1. The molecule has 4 aliphatic rings. The van der Waals surface area contributed by atoms with Gasteiger partial charge in [0.2, 0.25) is 11.8 Å². The fraction of sp³-hybridized carbons (Fsp3) is 0.519. The van der Waals surface area contributed by atoms with Gasteiger partial charge in [0.1, 0.15) is 18.1 Å². The molecule has 4 aromatic rings. The highest BCUT2D eigenvalue weighted by atomic mass is 16.5. The molecule has 7 heterocycles. The Hall–Kier alpha value is -6.17. The number of aromatic nitrogens is 3. The van der Waals surface area contributed by atoms with E-state index in [4.69, 9.17) is 24.2 Å². The van der Waals surface area contributed by atoms with Gasteiger partial charge >= 0.3 is 12.0 Å². The van der Waals surface area contributed by atoms with Crippen LogP contribution in [-0.2, 0) is 52.8 Å². The molecule has 5 amide bonds. The lowest BCUT2D eigenvalue weighted by atomic mass is 9.84. The second kappa shape index (κ2) is 20.4. The predicted molar refractivity (Wildman–Crippen MR) is 260 cm³/mol. The molecule has 6 bridgehead atoms. The SMILES string of the molecule is C=CC(=O)N1CCO[C@H]2CN(C(=O)N(C)C(C(=O)N[C@H]3Cc4cccc(n4)-c4ccc5c(c4)c(c(-c4cccnc4[C@H](C)OC)n5CC)CC(C)(C)COC(=O)[C@@H]4CCCN(N4)C3=O)C(C)C)C[C@H]21. The lowest BCUT2D eigenvalue weighted by molar-refractivity contribution is -0.155. The third-order valence-electron chi connectivity index (χ3n) is 14.1. The third-order valence-corrected chi connectivity index (χ3v) is 14.1. The minimum absolute atomic E-state index is 0.0215. The van der Waals surface area contributed by atoms with Crippen LogP contribution in [0.4, 0.5) is 4.79 Å². The van der Waals surface area contributed by atoms with E-state index in [9.17, 15) is 24.0 Å². The van der Waals surface area contributed by atoms with Gasteiger partial charge in [0.25, 0.3) is 5.91 Å². The van der Waals surface area contributed by atoms with Crippen molar-refractivity contribution >= 4 is 40.6 Å². The van der Waals surface area contributed by atoms with E-state index in [1.165, 1.54) is 16.0 Å². The van der Waals surface area contributed by atoms with Crippen molar-refractivity contribution in [3.63, 3.8) is 0 Å². The van der Waals surface area contributed by atoms with Gasteiger partial charge in [-0.2, -0.15) is 0 Å². The average molecular weight is 946 g/mol. The van der Waals surface area contributed by atoms with Crippen molar-refractivity contribution in [2.45, 2.75) is 110 Å². The van der Waals surface area contributed by atoms with Crippen LogP contribution in [0.25, 0.3) is 33.4 Å². The van der Waals surface area contributed by atoms with Crippen LogP contribution in [0.3, 0.4) is 0 Å². The number of urea groups is 1. The fourth-order valence-electron chi connectivity index (χ4n) is 10.6. The van der Waals surface area contributed by atoms with Gasteiger partial charge in [-0.25, -0.2) is 10.2 Å². The molecule has 3 saturated heterocycles. The van der Waals surface area contributed by atoms with E-state index in [0.717, 1.165) is 39.0 Å². The summed E-state index contributed by atoms with van der Waals surface area (Å²) in [5, 5.41) is 5.47. The van der Waals surface area contributed by atoms with Gasteiger partial charge in [0.15, 0.2) is 0 Å². The first-order valence-electron chi connectivity index (χ1n) is 24.2. The van der Waals surface area contributed by atoms with Crippen LogP contribution < -0.4 is 10.7 Å². The topological polar surface area (TPSA) is 181 Å². The summed E-state index contributed by atoms with van der Waals surface area (Å²) in [4.78, 5) is 84.9. The van der Waals surface area contributed by atoms with Gasteiger partial charge < -0.3 is 38.8 Å². The van der Waals surface area contributed by atoms with Gasteiger partial charge in [-0.3, -0.25) is 34.2 Å². The predicted octanol–water partition coefficient (Wildman–Crippen LogP) is 5.32. The number of rotatable bonds is 9. The number of morpholine rings is 1. The summed E-state index contributed by atoms with van der Waals surface area (Å²) in [6.07, 6.45) is 3.98. The minimum Gasteiger partial charge on any atom is -0.464 e. The minimum atomic E-state index is -1.13. The van der Waals surface area contributed by atoms with Crippen molar-refractivity contribution in [3.05, 3.63) is 84.3 Å². The molecule has 0 aliphatic carbocycles. The van der Waals surface area contributed by atoms with Crippen LogP contribution in [0.15, 0.2) is 67.4 Å². The van der Waals surface area contributed by atoms with Crippen molar-refractivity contribution < 1.29 is 38.2 Å². The number of hydrazine groups is 1. The molecule has 1 unspecified atom stereocenters. The number of ether oxygens (including phenoxy) is 3. The Morgan fingerprint density at radius 1 is 1.09 bits per heavy atom. The standard InChI is InChI=1S/C52H67N9O8/c1-10-44(62)60-23-24-68-43-29-58(28-42(43)60)51(66)57(8)46(31(3)4)48(63)55-40-26-34-15-12-17-38(54-34)33-19-20-41-36(25-33)37(47(59(41)11-2)35-16-13-21-53-45(35)32(5)67-9)27-52(6,7)30-69-50(65)39-18-14-22-61(56-39)49(40)64/h10,12-13,15-17,19-21,25,31-32,39-40,42-43,46,56H,1,11,14,18,22-24,26-30H2,2-9H3,(H,55,63)/t32-,39-,40-,42+,43-,46?/m0/s1. The first-order valence-corrected chi connectivity index (χ1v) is 24.2. The number of methoxy groups -OCH3 is 1. The van der Waals surface area contributed by atoms with Crippen LogP contribution in [0.2, 0.25) is 0 Å². The number of nitrogens with zero attached hydrogens (tertiary/aromatic N) is 7. The van der Waals surface area contributed by atoms with Crippen LogP contribution in [0, 0.1) is 11.3 Å². The molecule has 0 radical (unpaired) electrons.